The van der Waals surface area contributed by atoms with Gasteiger partial charge < -0.3 is 29.7 Å². The van der Waals surface area contributed by atoms with Crippen LogP contribution in [0.4, 0.5) is 15.9 Å². The smallest absolute Gasteiger partial charge is 0.318 e. The van der Waals surface area contributed by atoms with Crippen molar-refractivity contribution in [2.24, 2.45) is 5.92 Å². The highest BCUT2D eigenvalue weighted by Gasteiger charge is 2.50. The first-order valence-corrected chi connectivity index (χ1v) is 16.1. The van der Waals surface area contributed by atoms with Gasteiger partial charge in [0.15, 0.2) is 0 Å². The van der Waals surface area contributed by atoms with E-state index in [-0.39, 0.29) is 30.0 Å². The number of benzene rings is 1. The molecule has 1 amide bonds. The first-order chi connectivity index (χ1) is 21.7. The van der Waals surface area contributed by atoms with Gasteiger partial charge in [0.2, 0.25) is 5.91 Å². The largest absolute Gasteiger partial charge is 0.461 e. The summed E-state index contributed by atoms with van der Waals surface area (Å²) in [6.07, 6.45) is 4.44. The molecule has 7 rings (SSSR count). The quantitative estimate of drug-likeness (QED) is 0.499. The molecule has 4 aliphatic heterocycles. The van der Waals surface area contributed by atoms with E-state index in [1.807, 2.05) is 12.1 Å². The number of carbonyl (C=O) groups is 1. The number of rotatable bonds is 5. The number of hydrogen-bond acceptors (Lipinski definition) is 10. The number of nitriles is 1. The minimum absolute atomic E-state index is 0.000584. The first kappa shape index (κ1) is 30.1. The van der Waals surface area contributed by atoms with Crippen LogP contribution in [0.15, 0.2) is 12.1 Å². The fourth-order valence-electron chi connectivity index (χ4n) is 8.33. The molecule has 240 valence electrons. The number of nitrogens with two attached hydrogens (primary N) is 1. The van der Waals surface area contributed by atoms with Crippen molar-refractivity contribution in [1.29, 1.82) is 5.26 Å². The molecular formula is C33H42FN7O4. The maximum Gasteiger partial charge on any atom is 0.318 e. The molecule has 2 N–H and O–H groups in total. The highest BCUT2D eigenvalue weighted by molar-refractivity contribution is 5.79. The van der Waals surface area contributed by atoms with Crippen molar-refractivity contribution in [2.45, 2.75) is 68.9 Å². The molecule has 1 aromatic heterocycles. The van der Waals surface area contributed by atoms with Crippen LogP contribution in [0.1, 0.15) is 60.1 Å². The number of hydrogen-bond donors (Lipinski definition) is 1. The van der Waals surface area contributed by atoms with Gasteiger partial charge in [0.1, 0.15) is 30.3 Å². The van der Waals surface area contributed by atoms with Crippen LogP contribution in [0, 0.1) is 17.2 Å². The summed E-state index contributed by atoms with van der Waals surface area (Å²) in [5.74, 6) is 0.316. The Labute approximate surface area is 263 Å². The van der Waals surface area contributed by atoms with Crippen molar-refractivity contribution in [2.75, 3.05) is 70.7 Å². The molecule has 1 aliphatic carbocycles. The number of nitrogen functional groups attached to an aromatic ring is 1. The van der Waals surface area contributed by atoms with Gasteiger partial charge in [-0.1, -0.05) is 6.07 Å². The van der Waals surface area contributed by atoms with Crippen LogP contribution in [-0.2, 0) is 39.3 Å². The molecule has 0 saturated carbocycles. The van der Waals surface area contributed by atoms with Crippen molar-refractivity contribution < 1.29 is 23.4 Å². The van der Waals surface area contributed by atoms with Crippen molar-refractivity contribution in [1.82, 2.24) is 19.8 Å². The summed E-state index contributed by atoms with van der Waals surface area (Å²) in [5, 5.41) is 10.1. The van der Waals surface area contributed by atoms with E-state index < -0.39 is 11.8 Å². The van der Waals surface area contributed by atoms with Crippen LogP contribution in [0.5, 0.6) is 6.01 Å². The molecule has 11 nitrogen and oxygen atoms in total. The molecule has 3 fully saturated rings. The van der Waals surface area contributed by atoms with E-state index in [1.165, 1.54) is 0 Å². The van der Waals surface area contributed by atoms with Crippen molar-refractivity contribution in [3.63, 3.8) is 0 Å². The second kappa shape index (κ2) is 11.7. The Morgan fingerprint density at radius 3 is 2.93 bits per heavy atom. The van der Waals surface area contributed by atoms with E-state index in [2.05, 4.69) is 15.9 Å². The minimum Gasteiger partial charge on any atom is -0.461 e. The Hall–Kier alpha value is -3.53. The van der Waals surface area contributed by atoms with E-state index in [4.69, 9.17) is 29.9 Å². The molecule has 0 bridgehead atoms. The Balaban J connectivity index is 1.28. The summed E-state index contributed by atoms with van der Waals surface area (Å²) in [4.78, 5) is 28.9. The number of carbonyl (C=O) groups excluding carboxylic acids is 1. The van der Waals surface area contributed by atoms with Crippen LogP contribution in [0.3, 0.4) is 0 Å². The summed E-state index contributed by atoms with van der Waals surface area (Å²) >= 11 is 0. The summed E-state index contributed by atoms with van der Waals surface area (Å²) in [5.41, 5.74) is 9.74. The molecule has 1 unspecified atom stereocenters. The van der Waals surface area contributed by atoms with Crippen molar-refractivity contribution in [3.05, 3.63) is 40.1 Å². The van der Waals surface area contributed by atoms with Crippen LogP contribution < -0.4 is 15.4 Å². The van der Waals surface area contributed by atoms with Crippen molar-refractivity contribution in [3.8, 4) is 12.1 Å². The van der Waals surface area contributed by atoms with Gasteiger partial charge in [-0.05, 0) is 50.3 Å². The zero-order chi connectivity index (χ0) is 31.3. The van der Waals surface area contributed by atoms with Gasteiger partial charge in [0, 0.05) is 63.4 Å². The molecule has 4 atom stereocenters. The van der Waals surface area contributed by atoms with Gasteiger partial charge in [0.05, 0.1) is 42.5 Å². The third kappa shape index (κ3) is 5.28. The molecule has 12 heteroatoms. The van der Waals surface area contributed by atoms with Crippen LogP contribution in [0.2, 0.25) is 0 Å². The average molecular weight is 620 g/mol. The number of amides is 1. The van der Waals surface area contributed by atoms with Gasteiger partial charge in [-0.3, -0.25) is 9.69 Å². The molecule has 1 aromatic carbocycles. The Morgan fingerprint density at radius 1 is 1.24 bits per heavy atom. The topological polar surface area (TPSA) is 130 Å². The number of halogens is 1. The van der Waals surface area contributed by atoms with Crippen LogP contribution >= 0.6 is 0 Å². The number of alkyl halides is 1. The number of fused-ring (bicyclic) bond motifs is 4. The van der Waals surface area contributed by atoms with Gasteiger partial charge >= 0.3 is 6.01 Å². The standard InChI is InChI=1S/C33H42FN7O4/c1-39(2)30(42)22-16-40(11-12-43-18-22)29-25-19-45-33(9-3-5-21-6-7-26(36)24(15-35)28(21)33)14-27(25)37-31(38-29)44-20-32-8-4-10-41(32)17-23(34)13-32/h6-7,22-23H,3-5,8-14,16-20,36H2,1-2H3/t22?,23-,32+,33+/m1/s1. The molecular weight excluding hydrogens is 577 g/mol. The van der Waals surface area contributed by atoms with E-state index in [0.29, 0.717) is 69.4 Å². The predicted molar refractivity (Wildman–Crippen MR) is 164 cm³/mol. The SMILES string of the molecule is CN(C)C(=O)C1COCCN(c2nc(OC[C@@]34CCCN3C[C@H](F)C4)nc3c2CO[C@@]2(CCCc4ccc(N)c(C#N)c42)C3)C1. The monoisotopic (exact) mass is 619 g/mol. The number of aryl methyl sites for hydroxylation is 1. The fraction of sp³-hybridized carbons (Fsp3) is 0.636. The number of anilines is 2. The lowest BCUT2D eigenvalue weighted by molar-refractivity contribution is -0.134. The lowest BCUT2D eigenvalue weighted by atomic mass is 9.72. The molecule has 45 heavy (non-hydrogen) atoms. The predicted octanol–water partition coefficient (Wildman–Crippen LogP) is 2.73. The lowest BCUT2D eigenvalue weighted by Crippen LogP contribution is -2.44. The summed E-state index contributed by atoms with van der Waals surface area (Å²) in [7, 11) is 3.51. The van der Waals surface area contributed by atoms with Gasteiger partial charge in [-0.15, -0.1) is 0 Å². The third-order valence-electron chi connectivity index (χ3n) is 10.5. The molecule has 0 radical (unpaired) electrons. The molecule has 3 saturated heterocycles. The van der Waals surface area contributed by atoms with Crippen LogP contribution in [-0.4, -0.2) is 97.5 Å². The van der Waals surface area contributed by atoms with Crippen LogP contribution in [0.25, 0.3) is 0 Å². The molecule has 1 spiro atoms. The summed E-state index contributed by atoms with van der Waals surface area (Å²) in [6, 6.07) is 6.41. The van der Waals surface area contributed by atoms with Gasteiger partial charge in [-0.2, -0.15) is 15.2 Å². The zero-order valence-corrected chi connectivity index (χ0v) is 26.2. The zero-order valence-electron chi connectivity index (χ0n) is 26.2. The lowest BCUT2D eigenvalue weighted by Gasteiger charge is -2.43. The third-order valence-corrected chi connectivity index (χ3v) is 10.5. The van der Waals surface area contributed by atoms with E-state index in [1.54, 1.807) is 19.0 Å². The number of nitrogens with zero attached hydrogens (tertiary/aromatic N) is 6. The van der Waals surface area contributed by atoms with E-state index in [0.717, 1.165) is 61.0 Å². The number of ether oxygens (including phenoxy) is 3. The first-order valence-electron chi connectivity index (χ1n) is 16.1. The maximum atomic E-state index is 14.5. The highest BCUT2D eigenvalue weighted by Crippen LogP contribution is 2.48. The maximum absolute atomic E-state index is 14.5. The van der Waals surface area contributed by atoms with E-state index >= 15 is 0 Å². The fourth-order valence-corrected chi connectivity index (χ4v) is 8.33. The van der Waals surface area contributed by atoms with Gasteiger partial charge in [0.25, 0.3) is 0 Å². The Kier molecular flexibility index (Phi) is 7.82. The summed E-state index contributed by atoms with van der Waals surface area (Å²) in [6.45, 7) is 3.64. The molecule has 2 aromatic rings. The highest BCUT2D eigenvalue weighted by atomic mass is 19.1. The van der Waals surface area contributed by atoms with E-state index in [9.17, 15) is 14.4 Å². The Bertz CT molecular complexity index is 1530. The van der Waals surface area contributed by atoms with Crippen molar-refractivity contribution >= 4 is 17.4 Å². The normalized spacial score (nSPS) is 29.4. The number of aromatic nitrogens is 2. The second-order valence-electron chi connectivity index (χ2n) is 13.6. The summed E-state index contributed by atoms with van der Waals surface area (Å²) < 4.78 is 33.6. The molecule has 5 aliphatic rings. The second-order valence-corrected chi connectivity index (χ2v) is 13.6. The van der Waals surface area contributed by atoms with Gasteiger partial charge in [-0.25, -0.2) is 4.39 Å². The average Bonchev–Trinajstić information content (AvgIpc) is 3.43. The molecule has 5 heterocycles. The Morgan fingerprint density at radius 2 is 2.11 bits per heavy atom. The minimum atomic E-state index is -0.859.